The zero-order valence-corrected chi connectivity index (χ0v) is 16.5. The first-order chi connectivity index (χ1) is 13.8. The van der Waals surface area contributed by atoms with E-state index >= 15 is 0 Å². The number of para-hydroxylation sites is 1. The lowest BCUT2D eigenvalue weighted by Gasteiger charge is -2.38. The molecule has 0 atom stereocenters. The largest absolute Gasteiger partial charge is 0.360 e. The first-order valence-corrected chi connectivity index (χ1v) is 10.9. The van der Waals surface area contributed by atoms with Crippen molar-refractivity contribution >= 4 is 44.1 Å². The predicted octanol–water partition coefficient (Wildman–Crippen LogP) is 2.25. The zero-order valence-electron chi connectivity index (χ0n) is 15.7. The second-order valence-corrected chi connectivity index (χ2v) is 8.85. The molecule has 29 heavy (non-hydrogen) atoms. The van der Waals surface area contributed by atoms with E-state index in [1.165, 1.54) is 0 Å². The molecule has 0 bridgehead atoms. The van der Waals surface area contributed by atoms with Crippen LogP contribution in [0.3, 0.4) is 0 Å². The summed E-state index contributed by atoms with van der Waals surface area (Å²) in [6.45, 7) is 0.677. The van der Waals surface area contributed by atoms with Gasteiger partial charge in [-0.15, -0.1) is 0 Å². The number of amides is 2. The van der Waals surface area contributed by atoms with Gasteiger partial charge >= 0.3 is 0 Å². The molecule has 0 saturated carbocycles. The minimum atomic E-state index is -3.40. The Labute approximate surface area is 168 Å². The van der Waals surface area contributed by atoms with Gasteiger partial charge in [-0.05, 0) is 24.3 Å². The number of carbonyl (C=O) groups is 2. The number of aromatic nitrogens is 1. The summed E-state index contributed by atoms with van der Waals surface area (Å²) in [5, 5.41) is 3.64. The van der Waals surface area contributed by atoms with Crippen LogP contribution in [0.5, 0.6) is 0 Å². The molecule has 1 aromatic heterocycles. The molecule has 4 rings (SSSR count). The zero-order chi connectivity index (χ0) is 20.6. The monoisotopic (exact) mass is 412 g/mol. The molecule has 1 fully saturated rings. The number of hydrogen-bond donors (Lipinski definition) is 3. The van der Waals surface area contributed by atoms with Crippen molar-refractivity contribution in [2.45, 2.75) is 0 Å². The van der Waals surface area contributed by atoms with E-state index in [9.17, 15) is 18.0 Å². The normalized spacial score (nSPS) is 14.4. The number of fused-ring (bicyclic) bond motifs is 1. The molecule has 0 radical (unpaired) electrons. The summed E-state index contributed by atoms with van der Waals surface area (Å²) in [6, 6.07) is 14.1. The Morgan fingerprint density at radius 1 is 1.07 bits per heavy atom. The lowest BCUT2D eigenvalue weighted by molar-refractivity contribution is -0.123. The van der Waals surface area contributed by atoms with Crippen molar-refractivity contribution in [2.24, 2.45) is 5.92 Å². The van der Waals surface area contributed by atoms with Crippen molar-refractivity contribution in [2.75, 3.05) is 29.4 Å². The third-order valence-electron chi connectivity index (χ3n) is 4.79. The van der Waals surface area contributed by atoms with E-state index in [4.69, 9.17) is 0 Å². The third-order valence-corrected chi connectivity index (χ3v) is 5.40. The number of anilines is 2. The molecule has 150 valence electrons. The van der Waals surface area contributed by atoms with Crippen LogP contribution in [0, 0.1) is 5.92 Å². The summed E-state index contributed by atoms with van der Waals surface area (Å²) < 4.78 is 25.0. The van der Waals surface area contributed by atoms with Crippen LogP contribution in [0.2, 0.25) is 0 Å². The van der Waals surface area contributed by atoms with Gasteiger partial charge < -0.3 is 15.2 Å². The summed E-state index contributed by atoms with van der Waals surface area (Å²) in [5.74, 6) is -0.619. The summed E-state index contributed by atoms with van der Waals surface area (Å²) in [6.07, 6.45) is 2.76. The van der Waals surface area contributed by atoms with E-state index in [0.717, 1.165) is 17.2 Å². The van der Waals surface area contributed by atoms with Crippen molar-refractivity contribution in [1.29, 1.82) is 0 Å². The molecule has 3 aromatic rings. The Kier molecular flexibility index (Phi) is 4.75. The van der Waals surface area contributed by atoms with Gasteiger partial charge in [0, 0.05) is 35.9 Å². The number of hydrogen-bond acceptors (Lipinski definition) is 4. The maximum Gasteiger partial charge on any atom is 0.256 e. The molecule has 0 spiro atoms. The quantitative estimate of drug-likeness (QED) is 0.597. The van der Waals surface area contributed by atoms with Crippen LogP contribution in [0.1, 0.15) is 10.4 Å². The predicted molar refractivity (Wildman–Crippen MR) is 111 cm³/mol. The minimum Gasteiger partial charge on any atom is -0.360 e. The lowest BCUT2D eigenvalue weighted by atomic mass is 9.97. The summed E-state index contributed by atoms with van der Waals surface area (Å²) in [4.78, 5) is 29.9. The van der Waals surface area contributed by atoms with E-state index in [2.05, 4.69) is 15.0 Å². The van der Waals surface area contributed by atoms with Gasteiger partial charge in [-0.3, -0.25) is 14.3 Å². The number of likely N-dealkylation sites (tertiary alicyclic amines) is 1. The van der Waals surface area contributed by atoms with Crippen LogP contribution in [0.25, 0.3) is 10.9 Å². The number of sulfonamides is 1. The molecule has 0 unspecified atom stereocenters. The lowest BCUT2D eigenvalue weighted by Crippen LogP contribution is -2.54. The highest BCUT2D eigenvalue weighted by molar-refractivity contribution is 7.92. The average molecular weight is 412 g/mol. The summed E-state index contributed by atoms with van der Waals surface area (Å²) in [7, 11) is -3.40. The van der Waals surface area contributed by atoms with Gasteiger partial charge in [-0.1, -0.05) is 24.3 Å². The fraction of sp³-hybridized carbons (Fsp3) is 0.200. The molecule has 3 N–H and O–H groups in total. The molecule has 0 aliphatic carbocycles. The topological polar surface area (TPSA) is 111 Å². The van der Waals surface area contributed by atoms with Gasteiger partial charge in [-0.2, -0.15) is 0 Å². The molecule has 9 heteroatoms. The Morgan fingerprint density at radius 2 is 1.79 bits per heavy atom. The third kappa shape index (κ3) is 4.09. The first-order valence-electron chi connectivity index (χ1n) is 9.04. The van der Waals surface area contributed by atoms with Crippen LogP contribution in [-0.2, 0) is 14.8 Å². The van der Waals surface area contributed by atoms with Crippen molar-refractivity contribution in [1.82, 2.24) is 9.88 Å². The number of aromatic amines is 1. The number of H-pyrrole nitrogens is 1. The molecule has 2 heterocycles. The van der Waals surface area contributed by atoms with E-state index in [1.54, 1.807) is 35.4 Å². The highest BCUT2D eigenvalue weighted by atomic mass is 32.2. The van der Waals surface area contributed by atoms with Gasteiger partial charge in [0.15, 0.2) is 0 Å². The van der Waals surface area contributed by atoms with E-state index in [1.807, 2.05) is 24.3 Å². The molecule has 1 saturated heterocycles. The summed E-state index contributed by atoms with van der Waals surface area (Å²) in [5.41, 5.74) is 2.35. The molecule has 1 aliphatic rings. The number of nitrogens with zero attached hydrogens (tertiary/aromatic N) is 1. The van der Waals surface area contributed by atoms with Crippen molar-refractivity contribution in [3.63, 3.8) is 0 Å². The minimum absolute atomic E-state index is 0.106. The number of nitrogens with one attached hydrogen (secondary N) is 3. The van der Waals surface area contributed by atoms with E-state index in [0.29, 0.717) is 30.0 Å². The number of benzene rings is 2. The van der Waals surface area contributed by atoms with Gasteiger partial charge in [0.1, 0.15) is 0 Å². The average Bonchev–Trinajstić information content (AvgIpc) is 3.03. The van der Waals surface area contributed by atoms with Crippen LogP contribution >= 0.6 is 0 Å². The SMILES string of the molecule is CS(=O)(=O)Nc1cccc(NC(=O)C2CN(C(=O)c3c[nH]c4ccccc34)C2)c1. The molecular weight excluding hydrogens is 392 g/mol. The fourth-order valence-corrected chi connectivity index (χ4v) is 3.90. The summed E-state index contributed by atoms with van der Waals surface area (Å²) >= 11 is 0. The maximum atomic E-state index is 12.7. The van der Waals surface area contributed by atoms with Crippen LogP contribution in [0.4, 0.5) is 11.4 Å². The standard InChI is InChI=1S/C20H20N4O4S/c1-29(27,28)23-15-6-4-5-14(9-15)22-19(25)13-11-24(12-13)20(26)17-10-21-18-8-3-2-7-16(17)18/h2-10,13,21,23H,11-12H2,1H3,(H,22,25). The number of rotatable bonds is 5. The molecule has 1 aliphatic heterocycles. The van der Waals surface area contributed by atoms with E-state index < -0.39 is 10.0 Å². The highest BCUT2D eigenvalue weighted by Gasteiger charge is 2.36. The maximum absolute atomic E-state index is 12.7. The van der Waals surface area contributed by atoms with Gasteiger partial charge in [0.05, 0.1) is 23.4 Å². The first kappa shape index (κ1) is 19.0. The van der Waals surface area contributed by atoms with Gasteiger partial charge in [-0.25, -0.2) is 8.42 Å². The van der Waals surface area contributed by atoms with Crippen LogP contribution in [0.15, 0.2) is 54.7 Å². The van der Waals surface area contributed by atoms with E-state index in [-0.39, 0.29) is 17.7 Å². The molecule has 2 amide bonds. The Balaban J connectivity index is 1.37. The number of carbonyl (C=O) groups excluding carboxylic acids is 2. The molecule has 2 aromatic carbocycles. The second-order valence-electron chi connectivity index (χ2n) is 7.10. The van der Waals surface area contributed by atoms with Crippen LogP contribution < -0.4 is 10.0 Å². The fourth-order valence-electron chi connectivity index (χ4n) is 3.35. The van der Waals surface area contributed by atoms with Crippen molar-refractivity contribution in [3.8, 4) is 0 Å². The van der Waals surface area contributed by atoms with Gasteiger partial charge in [0.25, 0.3) is 5.91 Å². The van der Waals surface area contributed by atoms with Crippen molar-refractivity contribution in [3.05, 3.63) is 60.3 Å². The molecule has 8 nitrogen and oxygen atoms in total. The van der Waals surface area contributed by atoms with Gasteiger partial charge in [0.2, 0.25) is 15.9 Å². The van der Waals surface area contributed by atoms with Crippen LogP contribution in [-0.4, -0.2) is 49.5 Å². The molecular formula is C20H20N4O4S. The van der Waals surface area contributed by atoms with Crippen molar-refractivity contribution < 1.29 is 18.0 Å². The Morgan fingerprint density at radius 3 is 2.55 bits per heavy atom. The second kappa shape index (κ2) is 7.25. The highest BCUT2D eigenvalue weighted by Crippen LogP contribution is 2.25. The Hall–Kier alpha value is -3.33. The Bertz CT molecular complexity index is 1200. The smallest absolute Gasteiger partial charge is 0.256 e.